The number of carboxylic acid groups (broad SMARTS) is 1. The maximum Gasteiger partial charge on any atom is 0.313 e. The molecule has 0 aromatic carbocycles. The predicted molar refractivity (Wildman–Crippen MR) is 78.2 cm³/mol. The van der Waals surface area contributed by atoms with Gasteiger partial charge in [0.05, 0.1) is 12.4 Å². The molecule has 1 heterocycles. The van der Waals surface area contributed by atoms with Crippen molar-refractivity contribution in [1.29, 1.82) is 0 Å². The number of hydrogen-bond acceptors (Lipinski definition) is 4. The molecule has 1 aliphatic carbocycles. The first-order valence-corrected chi connectivity index (χ1v) is 8.04. The van der Waals surface area contributed by atoms with Gasteiger partial charge < -0.3 is 14.4 Å². The molecule has 1 saturated carbocycles. The maximum absolute atomic E-state index is 10.7. The third kappa shape index (κ3) is 4.52. The number of nitrogens with zero attached hydrogens (tertiary/aromatic N) is 2. The fraction of sp³-hybridized carbons (Fsp3) is 0.714. The summed E-state index contributed by atoms with van der Waals surface area (Å²) in [6.07, 6.45) is 4.43. The fourth-order valence-corrected chi connectivity index (χ4v) is 2.72. The van der Waals surface area contributed by atoms with Gasteiger partial charge in [-0.1, -0.05) is 25.6 Å². The van der Waals surface area contributed by atoms with E-state index in [-0.39, 0.29) is 5.75 Å². The normalized spacial score (nSPS) is 14.9. The summed E-state index contributed by atoms with van der Waals surface area (Å²) in [6, 6.07) is 0. The van der Waals surface area contributed by atoms with Crippen LogP contribution in [-0.2, 0) is 16.1 Å². The van der Waals surface area contributed by atoms with Crippen LogP contribution in [0.25, 0.3) is 0 Å². The van der Waals surface area contributed by atoms with Crippen molar-refractivity contribution < 1.29 is 14.6 Å². The Bertz CT molecular complexity index is 455. The van der Waals surface area contributed by atoms with Crippen LogP contribution in [0.15, 0.2) is 11.4 Å². The first kappa shape index (κ1) is 15.4. The Morgan fingerprint density at radius 2 is 2.35 bits per heavy atom. The van der Waals surface area contributed by atoms with Gasteiger partial charge in [-0.2, -0.15) is 0 Å². The SMILES string of the molecule is CC(C)c1cnc(SCC(=O)O)n1CCOCC1CC1. The Balaban J connectivity index is 1.93. The van der Waals surface area contributed by atoms with E-state index in [9.17, 15) is 4.79 Å². The smallest absolute Gasteiger partial charge is 0.313 e. The lowest BCUT2D eigenvalue weighted by atomic mass is 10.1. The van der Waals surface area contributed by atoms with E-state index in [0.717, 1.165) is 29.9 Å². The highest BCUT2D eigenvalue weighted by Crippen LogP contribution is 2.29. The number of aliphatic carboxylic acids is 1. The molecular formula is C14H22N2O3S. The number of thioether (sulfide) groups is 1. The average molecular weight is 298 g/mol. The first-order valence-electron chi connectivity index (χ1n) is 7.05. The number of aromatic nitrogens is 2. The van der Waals surface area contributed by atoms with Crippen molar-refractivity contribution in [3.8, 4) is 0 Å². The molecule has 1 N–H and O–H groups in total. The number of imidazole rings is 1. The zero-order valence-electron chi connectivity index (χ0n) is 12.0. The summed E-state index contributed by atoms with van der Waals surface area (Å²) >= 11 is 1.27. The third-order valence-electron chi connectivity index (χ3n) is 3.28. The summed E-state index contributed by atoms with van der Waals surface area (Å²) in [5.41, 5.74) is 1.13. The molecule has 112 valence electrons. The topological polar surface area (TPSA) is 64.3 Å². The van der Waals surface area contributed by atoms with Crippen LogP contribution >= 0.6 is 11.8 Å². The van der Waals surface area contributed by atoms with E-state index in [1.807, 2.05) is 6.20 Å². The highest BCUT2D eigenvalue weighted by Gasteiger charge is 2.21. The number of hydrogen-bond donors (Lipinski definition) is 1. The van der Waals surface area contributed by atoms with Crippen molar-refractivity contribution in [2.75, 3.05) is 19.0 Å². The lowest BCUT2D eigenvalue weighted by molar-refractivity contribution is -0.133. The Hall–Kier alpha value is -1.01. The molecule has 0 amide bonds. The summed E-state index contributed by atoms with van der Waals surface area (Å²) in [7, 11) is 0. The molecule has 2 rings (SSSR count). The number of ether oxygens (including phenoxy) is 1. The van der Waals surface area contributed by atoms with E-state index < -0.39 is 5.97 Å². The van der Waals surface area contributed by atoms with Gasteiger partial charge in [-0.25, -0.2) is 4.98 Å². The van der Waals surface area contributed by atoms with Crippen LogP contribution in [0.2, 0.25) is 0 Å². The van der Waals surface area contributed by atoms with E-state index in [1.54, 1.807) is 0 Å². The van der Waals surface area contributed by atoms with Crippen molar-refractivity contribution in [1.82, 2.24) is 9.55 Å². The molecule has 0 radical (unpaired) electrons. The quantitative estimate of drug-likeness (QED) is 0.561. The number of rotatable bonds is 9. The van der Waals surface area contributed by atoms with Crippen molar-refractivity contribution in [3.05, 3.63) is 11.9 Å². The Morgan fingerprint density at radius 1 is 1.60 bits per heavy atom. The number of carbonyl (C=O) groups is 1. The van der Waals surface area contributed by atoms with Gasteiger partial charge in [-0.3, -0.25) is 4.79 Å². The first-order chi connectivity index (χ1) is 9.58. The van der Waals surface area contributed by atoms with Gasteiger partial charge in [0.2, 0.25) is 0 Å². The van der Waals surface area contributed by atoms with Crippen LogP contribution in [-0.4, -0.2) is 39.6 Å². The zero-order chi connectivity index (χ0) is 14.5. The van der Waals surface area contributed by atoms with Crippen molar-refractivity contribution in [2.24, 2.45) is 5.92 Å². The van der Waals surface area contributed by atoms with Crippen molar-refractivity contribution >= 4 is 17.7 Å². The largest absolute Gasteiger partial charge is 0.481 e. The molecule has 1 fully saturated rings. The van der Waals surface area contributed by atoms with Crippen molar-refractivity contribution in [3.63, 3.8) is 0 Å². The van der Waals surface area contributed by atoms with Gasteiger partial charge in [0.1, 0.15) is 0 Å². The molecule has 0 unspecified atom stereocenters. The van der Waals surface area contributed by atoms with Crippen LogP contribution in [0, 0.1) is 5.92 Å². The summed E-state index contributed by atoms with van der Waals surface area (Å²) in [6.45, 7) is 6.48. The highest BCUT2D eigenvalue weighted by atomic mass is 32.2. The summed E-state index contributed by atoms with van der Waals surface area (Å²) in [4.78, 5) is 15.0. The van der Waals surface area contributed by atoms with Gasteiger partial charge in [-0.05, 0) is 24.7 Å². The maximum atomic E-state index is 10.7. The second-order valence-corrected chi connectivity index (χ2v) is 6.42. The van der Waals surface area contributed by atoms with Gasteiger partial charge >= 0.3 is 5.97 Å². The molecule has 1 aliphatic rings. The number of carboxylic acids is 1. The molecule has 0 atom stereocenters. The lowest BCUT2D eigenvalue weighted by Crippen LogP contribution is -2.12. The second kappa shape index (κ2) is 7.13. The Labute approximate surface area is 123 Å². The highest BCUT2D eigenvalue weighted by molar-refractivity contribution is 7.99. The fourth-order valence-electron chi connectivity index (χ4n) is 1.99. The standard InChI is InChI=1S/C14H22N2O3S/c1-10(2)12-7-15-14(20-9-13(17)18)16(12)5-6-19-8-11-3-4-11/h7,10-11H,3-6,8-9H2,1-2H3,(H,17,18). The van der Waals surface area contributed by atoms with E-state index in [1.165, 1.54) is 24.6 Å². The van der Waals surface area contributed by atoms with E-state index in [2.05, 4.69) is 23.4 Å². The van der Waals surface area contributed by atoms with Gasteiger partial charge in [0, 0.05) is 25.0 Å². The minimum absolute atomic E-state index is 0.0392. The van der Waals surface area contributed by atoms with Crippen LogP contribution in [0.3, 0.4) is 0 Å². The monoisotopic (exact) mass is 298 g/mol. The molecule has 0 spiro atoms. The van der Waals surface area contributed by atoms with E-state index in [0.29, 0.717) is 12.5 Å². The van der Waals surface area contributed by atoms with Crippen LogP contribution in [0.5, 0.6) is 0 Å². The minimum Gasteiger partial charge on any atom is -0.481 e. The third-order valence-corrected chi connectivity index (χ3v) is 4.25. The van der Waals surface area contributed by atoms with Crippen LogP contribution in [0.4, 0.5) is 0 Å². The van der Waals surface area contributed by atoms with Gasteiger partial charge in [0.15, 0.2) is 5.16 Å². The minimum atomic E-state index is -0.819. The Kier molecular flexibility index (Phi) is 5.48. The molecule has 6 heteroatoms. The molecule has 5 nitrogen and oxygen atoms in total. The zero-order valence-corrected chi connectivity index (χ0v) is 12.9. The van der Waals surface area contributed by atoms with Gasteiger partial charge in [-0.15, -0.1) is 0 Å². The molecule has 0 bridgehead atoms. The molecule has 1 aromatic heterocycles. The molecule has 1 aromatic rings. The Morgan fingerprint density at radius 3 is 2.95 bits per heavy atom. The summed E-state index contributed by atoms with van der Waals surface area (Å²) in [5.74, 6) is 0.353. The second-order valence-electron chi connectivity index (χ2n) is 5.47. The molecule has 0 saturated heterocycles. The average Bonchev–Trinajstić information content (AvgIpc) is 3.11. The lowest BCUT2D eigenvalue weighted by Gasteiger charge is -2.13. The van der Waals surface area contributed by atoms with E-state index in [4.69, 9.17) is 9.84 Å². The van der Waals surface area contributed by atoms with Crippen LogP contribution in [0.1, 0.15) is 38.3 Å². The summed E-state index contributed by atoms with van der Waals surface area (Å²) < 4.78 is 7.76. The molecular weight excluding hydrogens is 276 g/mol. The predicted octanol–water partition coefficient (Wildman–Crippen LogP) is 2.61. The van der Waals surface area contributed by atoms with Crippen LogP contribution < -0.4 is 0 Å². The summed E-state index contributed by atoms with van der Waals surface area (Å²) in [5, 5.41) is 9.55. The molecule has 0 aliphatic heterocycles. The van der Waals surface area contributed by atoms with Gasteiger partial charge in [0.25, 0.3) is 0 Å². The van der Waals surface area contributed by atoms with Crippen molar-refractivity contribution in [2.45, 2.75) is 44.3 Å². The van der Waals surface area contributed by atoms with E-state index >= 15 is 0 Å². The molecule has 20 heavy (non-hydrogen) atoms.